The van der Waals surface area contributed by atoms with Crippen LogP contribution < -0.4 is 10.6 Å². The van der Waals surface area contributed by atoms with Gasteiger partial charge in [-0.05, 0) is 54.4 Å². The molecular formula is C28H34N2O5. The van der Waals surface area contributed by atoms with Crippen molar-refractivity contribution in [3.63, 3.8) is 0 Å². The van der Waals surface area contributed by atoms with Crippen LogP contribution in [0, 0.1) is 11.8 Å². The monoisotopic (exact) mass is 478 g/mol. The first-order chi connectivity index (χ1) is 16.9. The minimum atomic E-state index is -0.867. The number of carboxylic acids is 1. The third kappa shape index (κ3) is 6.02. The molecule has 3 atom stereocenters. The summed E-state index contributed by atoms with van der Waals surface area (Å²) in [4.78, 5) is 36.2. The van der Waals surface area contributed by atoms with Crippen LogP contribution in [0.1, 0.15) is 62.5 Å². The van der Waals surface area contributed by atoms with Crippen LogP contribution in [0.15, 0.2) is 48.5 Å². The molecule has 4 rings (SSSR count). The van der Waals surface area contributed by atoms with Crippen molar-refractivity contribution in [3.05, 3.63) is 59.7 Å². The van der Waals surface area contributed by atoms with E-state index in [9.17, 15) is 14.4 Å². The number of aliphatic carboxylic acids is 1. The van der Waals surface area contributed by atoms with Gasteiger partial charge in [0.2, 0.25) is 5.91 Å². The molecule has 2 amide bonds. The van der Waals surface area contributed by atoms with E-state index in [0.29, 0.717) is 13.0 Å². The van der Waals surface area contributed by atoms with E-state index in [2.05, 4.69) is 34.9 Å². The maximum absolute atomic E-state index is 12.8. The number of alkyl carbamates (subject to hydrolysis) is 1. The molecule has 0 radical (unpaired) electrons. The molecule has 1 fully saturated rings. The maximum Gasteiger partial charge on any atom is 0.407 e. The van der Waals surface area contributed by atoms with Crippen molar-refractivity contribution in [1.29, 1.82) is 0 Å². The molecule has 3 N–H and O–H groups in total. The summed E-state index contributed by atoms with van der Waals surface area (Å²) in [6.45, 7) is 2.47. The summed E-state index contributed by atoms with van der Waals surface area (Å²) < 4.78 is 5.64. The van der Waals surface area contributed by atoms with Gasteiger partial charge in [0, 0.05) is 30.8 Å². The van der Waals surface area contributed by atoms with Crippen molar-refractivity contribution >= 4 is 18.0 Å². The molecule has 2 aliphatic carbocycles. The van der Waals surface area contributed by atoms with Crippen LogP contribution in [0.5, 0.6) is 0 Å². The van der Waals surface area contributed by atoms with E-state index >= 15 is 0 Å². The second kappa shape index (κ2) is 11.4. The summed E-state index contributed by atoms with van der Waals surface area (Å²) >= 11 is 0. The van der Waals surface area contributed by atoms with E-state index < -0.39 is 12.1 Å². The van der Waals surface area contributed by atoms with Crippen molar-refractivity contribution in [1.82, 2.24) is 10.6 Å². The molecule has 0 bridgehead atoms. The van der Waals surface area contributed by atoms with Gasteiger partial charge in [-0.25, -0.2) is 4.79 Å². The van der Waals surface area contributed by atoms with Crippen LogP contribution in [0.4, 0.5) is 4.79 Å². The first-order valence-corrected chi connectivity index (χ1v) is 12.5. The standard InChI is InChI=1S/C28H34N2O5/c1-18(14-15-26(31)32)30-27(33)20-9-3-2-8-19(20)16-29-28(34)35-17-25-23-12-6-4-10-21(23)22-11-5-7-13-24(22)25/h4-7,10-13,18-20,25H,2-3,8-9,14-17H2,1H3,(H,29,34)(H,30,33)(H,31,32). The highest BCUT2D eigenvalue weighted by molar-refractivity contribution is 5.80. The molecule has 0 heterocycles. The first-order valence-electron chi connectivity index (χ1n) is 12.5. The van der Waals surface area contributed by atoms with Crippen LogP contribution in [0.2, 0.25) is 0 Å². The zero-order valence-corrected chi connectivity index (χ0v) is 20.2. The number of fused-ring (bicyclic) bond motifs is 3. The molecular weight excluding hydrogens is 444 g/mol. The molecule has 3 unspecified atom stereocenters. The Morgan fingerprint density at radius 2 is 1.63 bits per heavy atom. The normalized spacial score (nSPS) is 19.8. The molecule has 2 aromatic carbocycles. The number of benzene rings is 2. The molecule has 186 valence electrons. The fourth-order valence-corrected chi connectivity index (χ4v) is 5.42. The van der Waals surface area contributed by atoms with E-state index in [1.165, 1.54) is 22.3 Å². The van der Waals surface area contributed by atoms with Gasteiger partial charge in [0.15, 0.2) is 0 Å². The number of amides is 2. The number of rotatable bonds is 9. The minimum absolute atomic E-state index is 0.00801. The number of hydrogen-bond acceptors (Lipinski definition) is 4. The molecule has 2 aromatic rings. The lowest BCUT2D eigenvalue weighted by molar-refractivity contribution is -0.137. The predicted octanol–water partition coefficient (Wildman–Crippen LogP) is 4.70. The predicted molar refractivity (Wildman–Crippen MR) is 133 cm³/mol. The zero-order valence-electron chi connectivity index (χ0n) is 20.2. The van der Waals surface area contributed by atoms with Crippen molar-refractivity contribution in [2.45, 2.75) is 57.4 Å². The van der Waals surface area contributed by atoms with Gasteiger partial charge in [-0.1, -0.05) is 61.4 Å². The summed E-state index contributed by atoms with van der Waals surface area (Å²) in [5.74, 6) is -1.06. The van der Waals surface area contributed by atoms with Gasteiger partial charge < -0.3 is 20.5 Å². The molecule has 2 aliphatic rings. The SMILES string of the molecule is CC(CCC(=O)O)NC(=O)C1CCCCC1CNC(=O)OCC1c2ccccc2-c2ccccc21. The van der Waals surface area contributed by atoms with Crippen LogP contribution in [0.3, 0.4) is 0 Å². The lowest BCUT2D eigenvalue weighted by Crippen LogP contribution is -2.44. The Kier molecular flexibility index (Phi) is 8.06. The quantitative estimate of drug-likeness (QED) is 0.485. The fourth-order valence-electron chi connectivity index (χ4n) is 5.42. The van der Waals surface area contributed by atoms with E-state index in [1.807, 2.05) is 31.2 Å². The summed E-state index contributed by atoms with van der Waals surface area (Å²) in [5, 5.41) is 14.7. The lowest BCUT2D eigenvalue weighted by atomic mass is 9.78. The van der Waals surface area contributed by atoms with E-state index in [0.717, 1.165) is 25.7 Å². The molecule has 1 saturated carbocycles. The molecule has 7 nitrogen and oxygen atoms in total. The Balaban J connectivity index is 1.29. The maximum atomic E-state index is 12.8. The van der Waals surface area contributed by atoms with Crippen LogP contribution >= 0.6 is 0 Å². The smallest absolute Gasteiger partial charge is 0.407 e. The highest BCUT2D eigenvalue weighted by Crippen LogP contribution is 2.44. The molecule has 0 aromatic heterocycles. The largest absolute Gasteiger partial charge is 0.481 e. The average Bonchev–Trinajstić information content (AvgIpc) is 3.19. The second-order valence-corrected chi connectivity index (χ2v) is 9.70. The van der Waals surface area contributed by atoms with Gasteiger partial charge in [0.1, 0.15) is 6.61 Å². The molecule has 35 heavy (non-hydrogen) atoms. The van der Waals surface area contributed by atoms with Crippen molar-refractivity contribution in [2.75, 3.05) is 13.2 Å². The van der Waals surface area contributed by atoms with Gasteiger partial charge >= 0.3 is 12.1 Å². The summed E-state index contributed by atoms with van der Waals surface area (Å²) in [7, 11) is 0. The van der Waals surface area contributed by atoms with Crippen molar-refractivity contribution in [2.24, 2.45) is 11.8 Å². The lowest BCUT2D eigenvalue weighted by Gasteiger charge is -2.31. The average molecular weight is 479 g/mol. The number of carbonyl (C=O) groups is 3. The van der Waals surface area contributed by atoms with Crippen molar-refractivity contribution in [3.8, 4) is 11.1 Å². The third-order valence-corrected chi connectivity index (χ3v) is 7.28. The molecule has 0 aliphatic heterocycles. The summed E-state index contributed by atoms with van der Waals surface area (Å²) in [6.07, 6.45) is 3.60. The van der Waals surface area contributed by atoms with Gasteiger partial charge in [0.25, 0.3) is 0 Å². The van der Waals surface area contributed by atoms with E-state index in [1.54, 1.807) is 0 Å². The third-order valence-electron chi connectivity index (χ3n) is 7.28. The van der Waals surface area contributed by atoms with Gasteiger partial charge in [-0.2, -0.15) is 0 Å². The number of carboxylic acid groups (broad SMARTS) is 1. The van der Waals surface area contributed by atoms with Crippen LogP contribution in [-0.2, 0) is 14.3 Å². The summed E-state index contributed by atoms with van der Waals surface area (Å²) in [6, 6.07) is 16.2. The van der Waals surface area contributed by atoms with E-state index in [-0.39, 0.29) is 42.7 Å². The molecule has 0 spiro atoms. The summed E-state index contributed by atoms with van der Waals surface area (Å²) in [5.41, 5.74) is 4.71. The van der Waals surface area contributed by atoms with Crippen molar-refractivity contribution < 1.29 is 24.2 Å². The Hall–Kier alpha value is -3.35. The number of carbonyl (C=O) groups excluding carboxylic acids is 2. The number of nitrogens with one attached hydrogen (secondary N) is 2. The highest BCUT2D eigenvalue weighted by Gasteiger charge is 2.32. The van der Waals surface area contributed by atoms with Crippen LogP contribution in [-0.4, -0.2) is 42.3 Å². The van der Waals surface area contributed by atoms with E-state index in [4.69, 9.17) is 9.84 Å². The van der Waals surface area contributed by atoms with Crippen LogP contribution in [0.25, 0.3) is 11.1 Å². The number of hydrogen-bond donors (Lipinski definition) is 3. The Morgan fingerprint density at radius 3 is 2.29 bits per heavy atom. The first kappa shape index (κ1) is 24.8. The minimum Gasteiger partial charge on any atom is -0.481 e. The number of ether oxygens (including phenoxy) is 1. The van der Waals surface area contributed by atoms with Gasteiger partial charge in [-0.15, -0.1) is 0 Å². The van der Waals surface area contributed by atoms with Gasteiger partial charge in [0.05, 0.1) is 0 Å². The topological polar surface area (TPSA) is 105 Å². The molecule has 0 saturated heterocycles. The molecule has 7 heteroatoms. The Morgan fingerprint density at radius 1 is 1.00 bits per heavy atom. The fraction of sp³-hybridized carbons (Fsp3) is 0.464. The van der Waals surface area contributed by atoms with Gasteiger partial charge in [-0.3, -0.25) is 9.59 Å². The Bertz CT molecular complexity index is 1020. The zero-order chi connectivity index (χ0) is 24.8. The second-order valence-electron chi connectivity index (χ2n) is 9.70. The highest BCUT2D eigenvalue weighted by atomic mass is 16.5. The Labute approximate surface area is 206 Å².